The van der Waals surface area contributed by atoms with Gasteiger partial charge >= 0.3 is 0 Å². The molecule has 6 nitrogen and oxygen atoms in total. The average molecular weight is 278 g/mol. The number of rotatable bonds is 5. The van der Waals surface area contributed by atoms with Crippen LogP contribution in [0.15, 0.2) is 4.34 Å². The van der Waals surface area contributed by atoms with E-state index in [1.54, 1.807) is 7.05 Å². The molecule has 17 heavy (non-hydrogen) atoms. The van der Waals surface area contributed by atoms with E-state index in [4.69, 9.17) is 5.73 Å². The fraction of sp³-hybridized carbons (Fsp3) is 0.778. The molecule has 1 aromatic rings. The first-order chi connectivity index (χ1) is 7.75. The summed E-state index contributed by atoms with van der Waals surface area (Å²) in [6.07, 6.45) is 0.796. The number of nitrogen functional groups attached to an aromatic ring is 1. The minimum absolute atomic E-state index is 0.0480. The molecule has 0 amide bonds. The Labute approximate surface area is 106 Å². The van der Waals surface area contributed by atoms with E-state index < -0.39 is 10.0 Å². The Kier molecular flexibility index (Phi) is 4.45. The Balaban J connectivity index is 2.91. The normalized spacial score (nSPS) is 14.5. The maximum absolute atomic E-state index is 12.1. The Morgan fingerprint density at radius 1 is 1.35 bits per heavy atom. The lowest BCUT2D eigenvalue weighted by Crippen LogP contribution is -2.35. The van der Waals surface area contributed by atoms with E-state index in [-0.39, 0.29) is 15.5 Å². The molecule has 1 aromatic heterocycles. The third-order valence-electron chi connectivity index (χ3n) is 2.46. The topological polar surface area (TPSA) is 89.2 Å². The van der Waals surface area contributed by atoms with Crippen molar-refractivity contribution >= 4 is 26.5 Å². The van der Waals surface area contributed by atoms with E-state index >= 15 is 0 Å². The van der Waals surface area contributed by atoms with E-state index in [0.29, 0.717) is 5.92 Å². The molecule has 1 heterocycles. The zero-order valence-electron chi connectivity index (χ0n) is 10.4. The quantitative estimate of drug-likeness (QED) is 0.873. The second kappa shape index (κ2) is 5.28. The minimum Gasteiger partial charge on any atom is -0.374 e. The first-order valence-corrected chi connectivity index (χ1v) is 7.57. The van der Waals surface area contributed by atoms with Gasteiger partial charge in [0, 0.05) is 13.1 Å². The number of anilines is 1. The van der Waals surface area contributed by atoms with Gasteiger partial charge in [0.2, 0.25) is 9.47 Å². The number of nitrogens with zero attached hydrogens (tertiary/aromatic N) is 3. The van der Waals surface area contributed by atoms with Crippen LogP contribution >= 0.6 is 11.3 Å². The van der Waals surface area contributed by atoms with Gasteiger partial charge in [-0.3, -0.25) is 0 Å². The monoisotopic (exact) mass is 278 g/mol. The SMILES string of the molecule is CC(C)CC(C)N(C)S(=O)(=O)c1nnc(N)s1. The van der Waals surface area contributed by atoms with Crippen molar-refractivity contribution in [1.29, 1.82) is 0 Å². The highest BCUT2D eigenvalue weighted by atomic mass is 32.2. The Hall–Kier alpha value is -0.730. The van der Waals surface area contributed by atoms with Gasteiger partial charge in [0.25, 0.3) is 10.0 Å². The predicted octanol–water partition coefficient (Wildman–Crippen LogP) is 1.18. The highest BCUT2D eigenvalue weighted by molar-refractivity contribution is 7.91. The molecule has 0 aliphatic carbocycles. The maximum Gasteiger partial charge on any atom is 0.272 e. The zero-order chi connectivity index (χ0) is 13.2. The molecule has 98 valence electrons. The molecule has 8 heteroatoms. The molecule has 0 fully saturated rings. The fourth-order valence-electron chi connectivity index (χ4n) is 1.52. The lowest BCUT2D eigenvalue weighted by molar-refractivity contribution is 0.337. The molecular formula is C9H18N4O2S2. The van der Waals surface area contributed by atoms with Crippen molar-refractivity contribution in [3.05, 3.63) is 0 Å². The van der Waals surface area contributed by atoms with E-state index in [0.717, 1.165) is 17.8 Å². The van der Waals surface area contributed by atoms with Crippen molar-refractivity contribution in [3.63, 3.8) is 0 Å². The van der Waals surface area contributed by atoms with Crippen molar-refractivity contribution in [2.75, 3.05) is 12.8 Å². The summed E-state index contributed by atoms with van der Waals surface area (Å²) in [6, 6.07) is -0.0786. The Morgan fingerprint density at radius 3 is 2.35 bits per heavy atom. The van der Waals surface area contributed by atoms with Crippen molar-refractivity contribution in [2.45, 2.75) is 37.6 Å². The van der Waals surface area contributed by atoms with Crippen LogP contribution in [0.3, 0.4) is 0 Å². The molecular weight excluding hydrogens is 260 g/mol. The van der Waals surface area contributed by atoms with Crippen LogP contribution in [0.1, 0.15) is 27.2 Å². The van der Waals surface area contributed by atoms with Gasteiger partial charge in [-0.15, -0.1) is 10.2 Å². The van der Waals surface area contributed by atoms with Crippen LogP contribution in [-0.2, 0) is 10.0 Å². The molecule has 0 saturated carbocycles. The molecule has 0 radical (unpaired) electrons. The minimum atomic E-state index is -3.56. The van der Waals surface area contributed by atoms with Gasteiger partial charge in [0.05, 0.1) is 0 Å². The van der Waals surface area contributed by atoms with Crippen LogP contribution in [0.25, 0.3) is 0 Å². The van der Waals surface area contributed by atoms with Crippen LogP contribution in [-0.4, -0.2) is 36.0 Å². The highest BCUT2D eigenvalue weighted by Crippen LogP contribution is 2.23. The van der Waals surface area contributed by atoms with Crippen LogP contribution in [0.5, 0.6) is 0 Å². The Morgan fingerprint density at radius 2 is 1.94 bits per heavy atom. The summed E-state index contributed by atoms with van der Waals surface area (Å²) in [5.41, 5.74) is 5.39. The van der Waals surface area contributed by atoms with Crippen molar-refractivity contribution in [2.24, 2.45) is 5.92 Å². The standard InChI is InChI=1S/C9H18N4O2S2/c1-6(2)5-7(3)13(4)17(14,15)9-12-11-8(10)16-9/h6-7H,5H2,1-4H3,(H2,10,11). The summed E-state index contributed by atoms with van der Waals surface area (Å²) in [5.74, 6) is 0.433. The van der Waals surface area contributed by atoms with E-state index in [2.05, 4.69) is 24.0 Å². The first kappa shape index (κ1) is 14.3. The van der Waals surface area contributed by atoms with Gasteiger partial charge in [-0.25, -0.2) is 8.42 Å². The smallest absolute Gasteiger partial charge is 0.272 e. The molecule has 0 saturated heterocycles. The van der Waals surface area contributed by atoms with Crippen molar-refractivity contribution < 1.29 is 8.42 Å². The van der Waals surface area contributed by atoms with Gasteiger partial charge in [0.15, 0.2) is 0 Å². The van der Waals surface area contributed by atoms with Crippen LogP contribution in [0, 0.1) is 5.92 Å². The molecule has 0 aliphatic rings. The summed E-state index contributed by atoms with van der Waals surface area (Å²) >= 11 is 0.885. The third kappa shape index (κ3) is 3.36. The molecule has 1 atom stereocenters. The van der Waals surface area contributed by atoms with Gasteiger partial charge < -0.3 is 5.73 Å². The van der Waals surface area contributed by atoms with Crippen molar-refractivity contribution in [3.8, 4) is 0 Å². The van der Waals surface area contributed by atoms with Gasteiger partial charge in [-0.1, -0.05) is 25.2 Å². The third-order valence-corrected chi connectivity index (χ3v) is 5.53. The average Bonchev–Trinajstić information content (AvgIpc) is 2.63. The summed E-state index contributed by atoms with van der Waals surface area (Å²) in [4.78, 5) is 0. The molecule has 1 unspecified atom stereocenters. The molecule has 1 rings (SSSR count). The second-order valence-corrected chi connectivity index (χ2v) is 7.59. The summed E-state index contributed by atoms with van der Waals surface area (Å²) in [7, 11) is -2.01. The number of nitrogens with two attached hydrogens (primary N) is 1. The molecule has 2 N–H and O–H groups in total. The largest absolute Gasteiger partial charge is 0.374 e. The Bertz CT molecular complexity index is 469. The molecule has 0 bridgehead atoms. The van der Waals surface area contributed by atoms with Crippen LogP contribution in [0.4, 0.5) is 5.13 Å². The molecule has 0 spiro atoms. The highest BCUT2D eigenvalue weighted by Gasteiger charge is 2.29. The van der Waals surface area contributed by atoms with E-state index in [9.17, 15) is 8.42 Å². The van der Waals surface area contributed by atoms with Crippen LogP contribution in [0.2, 0.25) is 0 Å². The van der Waals surface area contributed by atoms with Crippen molar-refractivity contribution in [1.82, 2.24) is 14.5 Å². The zero-order valence-corrected chi connectivity index (χ0v) is 12.0. The van der Waals surface area contributed by atoms with Crippen LogP contribution < -0.4 is 5.73 Å². The fourth-order valence-corrected chi connectivity index (χ4v) is 3.84. The lowest BCUT2D eigenvalue weighted by atomic mass is 10.1. The number of aromatic nitrogens is 2. The summed E-state index contributed by atoms with van der Waals surface area (Å²) in [6.45, 7) is 5.99. The van der Waals surface area contributed by atoms with E-state index in [1.165, 1.54) is 4.31 Å². The summed E-state index contributed by atoms with van der Waals surface area (Å²) in [5, 5.41) is 7.27. The number of sulfonamides is 1. The number of hydrogen-bond donors (Lipinski definition) is 1. The van der Waals surface area contributed by atoms with Gasteiger partial charge in [-0.05, 0) is 19.3 Å². The maximum atomic E-state index is 12.1. The lowest BCUT2D eigenvalue weighted by Gasteiger charge is -2.24. The van der Waals surface area contributed by atoms with Gasteiger partial charge in [-0.2, -0.15) is 4.31 Å². The molecule has 0 aliphatic heterocycles. The molecule has 0 aromatic carbocycles. The summed E-state index contributed by atoms with van der Waals surface area (Å²) < 4.78 is 25.6. The second-order valence-electron chi connectivity index (χ2n) is 4.41. The first-order valence-electron chi connectivity index (χ1n) is 5.32. The predicted molar refractivity (Wildman–Crippen MR) is 68.2 cm³/mol. The van der Waals surface area contributed by atoms with Gasteiger partial charge in [0.1, 0.15) is 0 Å². The van der Waals surface area contributed by atoms with E-state index in [1.807, 2.05) is 6.92 Å². The number of hydrogen-bond acceptors (Lipinski definition) is 6.